The van der Waals surface area contributed by atoms with Crippen molar-refractivity contribution in [3.8, 4) is 5.75 Å². The summed E-state index contributed by atoms with van der Waals surface area (Å²) in [5, 5.41) is 13.2. The fourth-order valence-electron chi connectivity index (χ4n) is 3.56. The van der Waals surface area contributed by atoms with Gasteiger partial charge < -0.3 is 15.2 Å². The Kier molecular flexibility index (Phi) is 8.33. The molecule has 0 saturated carbocycles. The van der Waals surface area contributed by atoms with Crippen LogP contribution < -0.4 is 5.32 Å². The number of aromatic hydroxyl groups is 1. The van der Waals surface area contributed by atoms with Crippen molar-refractivity contribution in [3.05, 3.63) is 52.0 Å². The average Bonchev–Trinajstić information content (AvgIpc) is 3.27. The van der Waals surface area contributed by atoms with Gasteiger partial charge in [0.05, 0.1) is 12.7 Å². The van der Waals surface area contributed by atoms with Crippen molar-refractivity contribution in [3.63, 3.8) is 0 Å². The largest absolute Gasteiger partial charge is 0.508 e. The van der Waals surface area contributed by atoms with Crippen LogP contribution in [-0.4, -0.2) is 66.4 Å². The topological polar surface area (TPSA) is 86.5 Å². The van der Waals surface area contributed by atoms with Crippen LogP contribution in [0.3, 0.4) is 0 Å². The molecule has 2 aliphatic rings. The minimum atomic E-state index is -0.858. The van der Waals surface area contributed by atoms with Crippen molar-refractivity contribution in [2.75, 3.05) is 38.9 Å². The van der Waals surface area contributed by atoms with Gasteiger partial charge in [0.2, 0.25) is 0 Å². The molecule has 0 aromatic heterocycles. The summed E-state index contributed by atoms with van der Waals surface area (Å²) < 4.78 is 19.9. The van der Waals surface area contributed by atoms with E-state index >= 15 is 0 Å². The molecule has 1 fully saturated rings. The smallest absolute Gasteiger partial charge is 0.338 e. The molecule has 7 nitrogen and oxygen atoms in total. The molecule has 0 aliphatic carbocycles. The van der Waals surface area contributed by atoms with Crippen molar-refractivity contribution in [2.45, 2.75) is 19.4 Å². The number of methoxy groups -OCH3 is 1. The number of rotatable bonds is 7. The first-order chi connectivity index (χ1) is 15.4. The van der Waals surface area contributed by atoms with Crippen LogP contribution in [0.1, 0.15) is 24.9 Å². The molecular weight excluding hydrogens is 455 g/mol. The van der Waals surface area contributed by atoms with Crippen LogP contribution in [0.25, 0.3) is 0 Å². The van der Waals surface area contributed by atoms with Gasteiger partial charge in [-0.15, -0.1) is 11.8 Å². The summed E-state index contributed by atoms with van der Waals surface area (Å²) in [7, 11) is 2.79. The predicted octanol–water partition coefficient (Wildman–Crippen LogP) is 3.86. The lowest BCUT2D eigenvalue weighted by Gasteiger charge is -2.30. The van der Waals surface area contributed by atoms with Gasteiger partial charge in [0.25, 0.3) is 0 Å². The molecule has 2 aliphatic heterocycles. The second kappa shape index (κ2) is 11.0. The molecule has 0 amide bonds. The number of thioether (sulfide) groups is 1. The normalized spacial score (nSPS) is 20.3. The number of nitrogens with zero attached hydrogens (tertiary/aromatic N) is 3. The van der Waals surface area contributed by atoms with Crippen LogP contribution in [0.15, 0.2) is 51.4 Å². The number of ether oxygens (including phenoxy) is 1. The Bertz CT molecular complexity index is 1000. The van der Waals surface area contributed by atoms with Gasteiger partial charge in [-0.05, 0) is 24.6 Å². The van der Waals surface area contributed by atoms with Crippen LogP contribution in [-0.2, 0) is 9.53 Å². The molecule has 1 unspecified atom stereocenters. The third-order valence-electron chi connectivity index (χ3n) is 5.07. The highest BCUT2D eigenvalue weighted by atomic mass is 35.5. The van der Waals surface area contributed by atoms with Crippen molar-refractivity contribution in [1.82, 2.24) is 10.2 Å². The number of allylic oxidation sites excluding steroid dienone is 1. The van der Waals surface area contributed by atoms with E-state index in [4.69, 9.17) is 16.3 Å². The Hall–Kier alpha value is -2.36. The number of hydrogen-bond donors (Lipinski definition) is 2. The number of phenolic OH excluding ortho intramolecular Hbond substituents is 1. The molecule has 2 heterocycles. The molecule has 0 spiro atoms. The van der Waals surface area contributed by atoms with Gasteiger partial charge in [0.15, 0.2) is 5.84 Å². The third kappa shape index (κ3) is 5.33. The maximum Gasteiger partial charge on any atom is 0.338 e. The Morgan fingerprint density at radius 3 is 2.91 bits per heavy atom. The van der Waals surface area contributed by atoms with Crippen LogP contribution >= 0.6 is 23.4 Å². The average molecular weight is 481 g/mol. The summed E-state index contributed by atoms with van der Waals surface area (Å²) in [6.07, 6.45) is 1.91. The second-order valence-corrected chi connectivity index (χ2v) is 8.70. The maximum absolute atomic E-state index is 14.8. The van der Waals surface area contributed by atoms with Gasteiger partial charge in [-0.1, -0.05) is 24.6 Å². The SMILES string of the molecule is CC/C=C(/F)C(=NC)C1=NC(c2ccc(O)cc2Cl)C(C(=O)OC)=C(CN2CCSC2)N1. The van der Waals surface area contributed by atoms with Crippen LogP contribution in [0.5, 0.6) is 5.75 Å². The number of benzene rings is 1. The Morgan fingerprint density at radius 1 is 1.53 bits per heavy atom. The summed E-state index contributed by atoms with van der Waals surface area (Å²) >= 11 is 8.21. The van der Waals surface area contributed by atoms with Crippen LogP contribution in [0, 0.1) is 0 Å². The number of nitrogens with one attached hydrogen (secondary N) is 1. The lowest BCUT2D eigenvalue weighted by molar-refractivity contribution is -0.136. The fraction of sp³-hybridized carbons (Fsp3) is 0.409. The van der Waals surface area contributed by atoms with E-state index in [1.165, 1.54) is 32.4 Å². The Morgan fingerprint density at radius 2 is 2.31 bits per heavy atom. The van der Waals surface area contributed by atoms with E-state index in [1.54, 1.807) is 17.8 Å². The first-order valence-corrected chi connectivity index (χ1v) is 11.7. The molecule has 3 rings (SSSR count). The van der Waals surface area contributed by atoms with Gasteiger partial charge in [-0.2, -0.15) is 0 Å². The first kappa shape index (κ1) is 24.3. The third-order valence-corrected chi connectivity index (χ3v) is 6.42. The summed E-state index contributed by atoms with van der Waals surface area (Å²) in [4.78, 5) is 23.8. The molecule has 32 heavy (non-hydrogen) atoms. The van der Waals surface area contributed by atoms with Crippen molar-refractivity contribution < 1.29 is 19.0 Å². The second-order valence-electron chi connectivity index (χ2n) is 7.22. The number of aliphatic imine (C=N–C) groups is 2. The van der Waals surface area contributed by atoms with E-state index in [0.29, 0.717) is 24.2 Å². The number of halogens is 2. The lowest BCUT2D eigenvalue weighted by atomic mass is 9.94. The van der Waals surface area contributed by atoms with Gasteiger partial charge in [-0.3, -0.25) is 14.9 Å². The Labute approximate surface area is 196 Å². The monoisotopic (exact) mass is 480 g/mol. The number of hydrogen-bond acceptors (Lipinski definition) is 8. The molecule has 10 heteroatoms. The maximum atomic E-state index is 14.8. The molecule has 172 valence electrons. The highest BCUT2D eigenvalue weighted by Crippen LogP contribution is 2.37. The number of esters is 1. The lowest BCUT2D eigenvalue weighted by Crippen LogP contribution is -2.42. The molecule has 2 N–H and O–H groups in total. The van der Waals surface area contributed by atoms with Gasteiger partial charge in [0.1, 0.15) is 23.3 Å². The quantitative estimate of drug-likeness (QED) is 0.455. The van der Waals surface area contributed by atoms with Gasteiger partial charge >= 0.3 is 5.97 Å². The zero-order chi connectivity index (χ0) is 23.3. The number of phenols is 1. The molecular formula is C22H26ClFN4O3S. The van der Waals surface area contributed by atoms with E-state index in [9.17, 15) is 14.3 Å². The van der Waals surface area contributed by atoms with E-state index in [2.05, 4.69) is 20.2 Å². The van der Waals surface area contributed by atoms with Crippen molar-refractivity contribution >= 4 is 40.9 Å². The standard InChI is InChI=1S/C22H26ClFN4O3S/c1-4-5-16(24)20(25-2)21-26-17(11-28-8-9-32-12-28)18(22(30)31-3)19(27-21)14-7-6-13(29)10-15(14)23/h5-7,10,19,29H,4,8-9,11-12H2,1-3H3,(H,26,27)/b16-5+,25-20?. The van der Waals surface area contributed by atoms with E-state index in [1.807, 2.05) is 6.92 Å². The van der Waals surface area contributed by atoms with E-state index in [0.717, 1.165) is 18.2 Å². The van der Waals surface area contributed by atoms with Crippen LogP contribution in [0.4, 0.5) is 4.39 Å². The first-order valence-electron chi connectivity index (χ1n) is 10.2. The van der Waals surface area contributed by atoms with Gasteiger partial charge in [-0.25, -0.2) is 9.18 Å². The van der Waals surface area contributed by atoms with Crippen LogP contribution in [0.2, 0.25) is 5.02 Å². The van der Waals surface area contributed by atoms with Crippen molar-refractivity contribution in [2.24, 2.45) is 9.98 Å². The minimum absolute atomic E-state index is 0.0115. The molecule has 1 aromatic carbocycles. The number of amidine groups is 1. The zero-order valence-electron chi connectivity index (χ0n) is 18.2. The molecule has 0 radical (unpaired) electrons. The van der Waals surface area contributed by atoms with Gasteiger partial charge in [0, 0.05) is 48.0 Å². The summed E-state index contributed by atoms with van der Waals surface area (Å²) in [6, 6.07) is 3.59. The fourth-order valence-corrected chi connectivity index (χ4v) is 4.83. The summed E-state index contributed by atoms with van der Waals surface area (Å²) in [5.74, 6) is 0.936. The van der Waals surface area contributed by atoms with Crippen molar-refractivity contribution in [1.29, 1.82) is 0 Å². The Balaban J connectivity index is 2.17. The van der Waals surface area contributed by atoms with E-state index < -0.39 is 17.8 Å². The molecule has 1 atom stereocenters. The summed E-state index contributed by atoms with van der Waals surface area (Å²) in [5.41, 5.74) is 1.40. The predicted molar refractivity (Wildman–Crippen MR) is 127 cm³/mol. The summed E-state index contributed by atoms with van der Waals surface area (Å²) in [6.45, 7) is 3.12. The molecule has 1 saturated heterocycles. The number of carbonyl (C=O) groups is 1. The number of carbonyl (C=O) groups excluding carboxylic acids is 1. The molecule has 0 bridgehead atoms. The minimum Gasteiger partial charge on any atom is -0.508 e. The highest BCUT2D eigenvalue weighted by molar-refractivity contribution is 7.99. The van der Waals surface area contributed by atoms with E-state index in [-0.39, 0.29) is 27.9 Å². The zero-order valence-corrected chi connectivity index (χ0v) is 19.8. The highest BCUT2D eigenvalue weighted by Gasteiger charge is 2.35. The molecule has 1 aromatic rings.